The molecule has 0 radical (unpaired) electrons. The van der Waals surface area contributed by atoms with Crippen molar-refractivity contribution in [1.82, 2.24) is 10.2 Å². The smallest absolute Gasteiger partial charge is 0.130 e. The summed E-state index contributed by atoms with van der Waals surface area (Å²) in [5, 5.41) is 7.93. The molecule has 5 heteroatoms. The third-order valence-corrected chi connectivity index (χ3v) is 3.30. The Labute approximate surface area is 127 Å². The summed E-state index contributed by atoms with van der Waals surface area (Å²) in [5.74, 6) is 0.767. The lowest BCUT2D eigenvalue weighted by molar-refractivity contribution is 0.301. The van der Waals surface area contributed by atoms with Gasteiger partial charge in [0.15, 0.2) is 0 Å². The number of aromatic nitrogens is 2. The molecule has 0 aliphatic carbocycles. The second-order valence-corrected chi connectivity index (χ2v) is 5.08. The predicted molar refractivity (Wildman–Crippen MR) is 84.2 cm³/mol. The van der Waals surface area contributed by atoms with E-state index in [-0.39, 0.29) is 0 Å². The number of anilines is 1. The second kappa shape index (κ2) is 5.89. The number of hydrogen-bond acceptors (Lipinski definition) is 3. The Bertz CT molecular complexity index is 720. The standard InChI is InChI=1S/C16H14ClN3O/c17-12-3-7-15(8-4-12)21-10-14-9-16(20-19-14)11-1-5-13(18)6-2-11/h1-9H,10,18H2,(H,19,20). The van der Waals surface area contributed by atoms with Crippen LogP contribution in [0, 0.1) is 0 Å². The van der Waals surface area contributed by atoms with E-state index in [1.807, 2.05) is 42.5 Å². The molecule has 1 aromatic heterocycles. The van der Waals surface area contributed by atoms with Gasteiger partial charge in [0.1, 0.15) is 12.4 Å². The molecule has 0 amide bonds. The Morgan fingerprint density at radius 2 is 1.76 bits per heavy atom. The molecule has 0 aliphatic rings. The largest absolute Gasteiger partial charge is 0.487 e. The number of ether oxygens (including phenoxy) is 1. The molecule has 3 rings (SSSR count). The molecule has 106 valence electrons. The lowest BCUT2D eigenvalue weighted by Crippen LogP contribution is -1.95. The van der Waals surface area contributed by atoms with Gasteiger partial charge >= 0.3 is 0 Å². The average Bonchev–Trinajstić information content (AvgIpc) is 2.96. The summed E-state index contributed by atoms with van der Waals surface area (Å²) in [5.41, 5.74) is 9.19. The molecule has 0 aliphatic heterocycles. The van der Waals surface area contributed by atoms with Gasteiger partial charge in [-0.1, -0.05) is 23.7 Å². The average molecular weight is 300 g/mol. The fourth-order valence-electron chi connectivity index (χ4n) is 1.93. The highest BCUT2D eigenvalue weighted by molar-refractivity contribution is 6.30. The number of hydrogen-bond donors (Lipinski definition) is 2. The van der Waals surface area contributed by atoms with E-state index in [1.165, 1.54) is 0 Å². The van der Waals surface area contributed by atoms with Crippen molar-refractivity contribution in [3.63, 3.8) is 0 Å². The minimum atomic E-state index is 0.420. The topological polar surface area (TPSA) is 63.9 Å². The van der Waals surface area contributed by atoms with E-state index in [0.29, 0.717) is 11.6 Å². The van der Waals surface area contributed by atoms with Gasteiger partial charge in [0.05, 0.1) is 11.4 Å². The normalized spacial score (nSPS) is 10.5. The molecule has 3 aromatic rings. The number of nitrogens with zero attached hydrogens (tertiary/aromatic N) is 1. The highest BCUT2D eigenvalue weighted by Crippen LogP contribution is 2.20. The van der Waals surface area contributed by atoms with Crippen LogP contribution in [0.2, 0.25) is 5.02 Å². The van der Waals surface area contributed by atoms with Gasteiger partial charge in [-0.3, -0.25) is 5.10 Å². The van der Waals surface area contributed by atoms with E-state index in [2.05, 4.69) is 10.2 Å². The van der Waals surface area contributed by atoms with Crippen molar-refractivity contribution in [2.75, 3.05) is 5.73 Å². The van der Waals surface area contributed by atoms with Gasteiger partial charge < -0.3 is 10.5 Å². The Morgan fingerprint density at radius 1 is 1.05 bits per heavy atom. The number of H-pyrrole nitrogens is 1. The Balaban J connectivity index is 1.67. The van der Waals surface area contributed by atoms with Crippen molar-refractivity contribution >= 4 is 17.3 Å². The van der Waals surface area contributed by atoms with Crippen LogP contribution in [0.3, 0.4) is 0 Å². The van der Waals surface area contributed by atoms with Crippen LogP contribution in [0.1, 0.15) is 5.69 Å². The number of rotatable bonds is 4. The number of nitrogens with one attached hydrogen (secondary N) is 1. The lowest BCUT2D eigenvalue weighted by Gasteiger charge is -2.03. The SMILES string of the molecule is Nc1ccc(-c2cc(COc3ccc(Cl)cc3)[nH]n2)cc1. The summed E-state index contributed by atoms with van der Waals surface area (Å²) >= 11 is 5.83. The first kappa shape index (κ1) is 13.5. The van der Waals surface area contributed by atoms with Crippen molar-refractivity contribution in [3.05, 3.63) is 65.3 Å². The number of nitrogen functional groups attached to an aromatic ring is 1. The first-order valence-corrected chi connectivity index (χ1v) is 6.87. The van der Waals surface area contributed by atoms with Crippen molar-refractivity contribution in [1.29, 1.82) is 0 Å². The van der Waals surface area contributed by atoms with Gasteiger partial charge in [-0.2, -0.15) is 5.10 Å². The summed E-state index contributed by atoms with van der Waals surface area (Å²) in [4.78, 5) is 0. The van der Waals surface area contributed by atoms with Gasteiger partial charge in [-0.05, 0) is 42.5 Å². The van der Waals surface area contributed by atoms with Gasteiger partial charge in [-0.25, -0.2) is 0 Å². The fraction of sp³-hybridized carbons (Fsp3) is 0.0625. The summed E-state index contributed by atoms with van der Waals surface area (Å²) in [6.07, 6.45) is 0. The first-order valence-electron chi connectivity index (χ1n) is 6.49. The van der Waals surface area contributed by atoms with Crippen molar-refractivity contribution in [2.45, 2.75) is 6.61 Å². The van der Waals surface area contributed by atoms with E-state index < -0.39 is 0 Å². The molecule has 3 N–H and O–H groups in total. The maximum absolute atomic E-state index is 5.83. The molecule has 0 saturated heterocycles. The molecule has 0 atom stereocenters. The van der Waals surface area contributed by atoms with Crippen molar-refractivity contribution in [2.24, 2.45) is 0 Å². The van der Waals surface area contributed by atoms with E-state index in [0.717, 1.165) is 28.4 Å². The van der Waals surface area contributed by atoms with Gasteiger partial charge in [-0.15, -0.1) is 0 Å². The zero-order chi connectivity index (χ0) is 14.7. The Morgan fingerprint density at radius 3 is 2.48 bits per heavy atom. The molecule has 0 spiro atoms. The molecular weight excluding hydrogens is 286 g/mol. The second-order valence-electron chi connectivity index (χ2n) is 4.64. The fourth-order valence-corrected chi connectivity index (χ4v) is 2.06. The summed E-state index contributed by atoms with van der Waals surface area (Å²) in [7, 11) is 0. The molecule has 1 heterocycles. The molecule has 0 unspecified atom stereocenters. The predicted octanol–water partition coefficient (Wildman–Crippen LogP) is 3.89. The highest BCUT2D eigenvalue weighted by atomic mass is 35.5. The van der Waals surface area contributed by atoms with Gasteiger partial charge in [0.2, 0.25) is 0 Å². The quantitative estimate of drug-likeness (QED) is 0.718. The number of aromatic amines is 1. The Kier molecular flexibility index (Phi) is 3.79. The summed E-state index contributed by atoms with van der Waals surface area (Å²) < 4.78 is 5.67. The highest BCUT2D eigenvalue weighted by Gasteiger charge is 2.04. The molecular formula is C16H14ClN3O. The van der Waals surface area contributed by atoms with Gasteiger partial charge in [0.25, 0.3) is 0 Å². The van der Waals surface area contributed by atoms with Crippen LogP contribution in [-0.4, -0.2) is 10.2 Å². The molecule has 0 fully saturated rings. The van der Waals surface area contributed by atoms with Crippen LogP contribution in [-0.2, 0) is 6.61 Å². The van der Waals surface area contributed by atoms with E-state index >= 15 is 0 Å². The number of halogens is 1. The van der Waals surface area contributed by atoms with E-state index in [1.54, 1.807) is 12.1 Å². The number of benzene rings is 2. The Hall–Kier alpha value is -2.46. The monoisotopic (exact) mass is 299 g/mol. The molecule has 21 heavy (non-hydrogen) atoms. The lowest BCUT2D eigenvalue weighted by atomic mass is 10.1. The maximum Gasteiger partial charge on any atom is 0.130 e. The van der Waals surface area contributed by atoms with Crippen LogP contribution >= 0.6 is 11.6 Å². The summed E-state index contributed by atoms with van der Waals surface area (Å²) in [6.45, 7) is 0.420. The molecule has 2 aromatic carbocycles. The third-order valence-electron chi connectivity index (χ3n) is 3.05. The molecule has 0 saturated carbocycles. The first-order chi connectivity index (χ1) is 10.2. The molecule has 0 bridgehead atoms. The van der Waals surface area contributed by atoms with Crippen LogP contribution in [0.5, 0.6) is 5.75 Å². The molecule has 4 nitrogen and oxygen atoms in total. The third kappa shape index (κ3) is 3.35. The van der Waals surface area contributed by atoms with Crippen molar-refractivity contribution in [3.8, 4) is 17.0 Å². The summed E-state index contributed by atoms with van der Waals surface area (Å²) in [6, 6.07) is 16.8. The van der Waals surface area contributed by atoms with E-state index in [4.69, 9.17) is 22.1 Å². The van der Waals surface area contributed by atoms with Gasteiger partial charge in [0, 0.05) is 16.3 Å². The van der Waals surface area contributed by atoms with Crippen molar-refractivity contribution < 1.29 is 4.74 Å². The zero-order valence-electron chi connectivity index (χ0n) is 11.2. The maximum atomic E-state index is 5.83. The zero-order valence-corrected chi connectivity index (χ0v) is 12.0. The van der Waals surface area contributed by atoms with Crippen LogP contribution in [0.15, 0.2) is 54.6 Å². The van der Waals surface area contributed by atoms with Crippen LogP contribution in [0.4, 0.5) is 5.69 Å². The minimum absolute atomic E-state index is 0.420. The van der Waals surface area contributed by atoms with Crippen LogP contribution < -0.4 is 10.5 Å². The van der Waals surface area contributed by atoms with E-state index in [9.17, 15) is 0 Å². The van der Waals surface area contributed by atoms with Crippen LogP contribution in [0.25, 0.3) is 11.3 Å². The number of nitrogens with two attached hydrogens (primary N) is 1. The minimum Gasteiger partial charge on any atom is -0.487 e.